The molecule has 0 unspecified atom stereocenters. The van der Waals surface area contributed by atoms with Crippen molar-refractivity contribution in [1.82, 2.24) is 19.8 Å². The zero-order valence-corrected chi connectivity index (χ0v) is 15.6. The van der Waals surface area contributed by atoms with Gasteiger partial charge in [-0.15, -0.1) is 0 Å². The number of carbonyl (C=O) groups excluding carboxylic acids is 1. The first kappa shape index (κ1) is 19.1. The highest BCUT2D eigenvalue weighted by atomic mass is 32.2. The molecule has 0 spiro atoms. The maximum absolute atomic E-state index is 12.7. The number of amides is 2. The highest BCUT2D eigenvalue weighted by Gasteiger charge is 2.23. The summed E-state index contributed by atoms with van der Waals surface area (Å²) in [7, 11) is -1.49. The molecule has 3 rings (SSSR count). The lowest BCUT2D eigenvalue weighted by molar-refractivity contribution is 0.256. The summed E-state index contributed by atoms with van der Waals surface area (Å²) in [5.41, 5.74) is 0.250. The van der Waals surface area contributed by atoms with E-state index in [0.717, 1.165) is 0 Å². The number of methoxy groups -OCH3 is 2. The minimum Gasteiger partial charge on any atom is -0.481 e. The quantitative estimate of drug-likeness (QED) is 0.625. The molecule has 0 aliphatic rings. The Kier molecular flexibility index (Phi) is 5.40. The standard InChI is InChI=1S/C16H15N5O6S/c1-25-13-9-14(26-2)19-15(18-13)20-16(22)21-28(23,24)12-6-4-3-5-10(12)11-7-8-17-27-11/h3-9H,1-2H3,(H2,18,19,20,21,22). The van der Waals surface area contributed by atoms with Crippen LogP contribution in [-0.2, 0) is 10.0 Å². The Morgan fingerprint density at radius 3 is 2.36 bits per heavy atom. The maximum Gasteiger partial charge on any atom is 0.335 e. The summed E-state index contributed by atoms with van der Waals surface area (Å²) in [6, 6.07) is 7.85. The third-order valence-electron chi connectivity index (χ3n) is 3.43. The Morgan fingerprint density at radius 1 is 1.07 bits per heavy atom. The molecule has 0 bridgehead atoms. The van der Waals surface area contributed by atoms with E-state index >= 15 is 0 Å². The number of ether oxygens (including phenoxy) is 2. The fourth-order valence-corrected chi connectivity index (χ4v) is 3.35. The van der Waals surface area contributed by atoms with E-state index in [2.05, 4.69) is 20.4 Å². The van der Waals surface area contributed by atoms with Crippen molar-refractivity contribution < 1.29 is 27.2 Å². The molecule has 3 aromatic rings. The molecule has 2 heterocycles. The van der Waals surface area contributed by atoms with Gasteiger partial charge in [-0.2, -0.15) is 9.97 Å². The number of sulfonamides is 1. The topological polar surface area (TPSA) is 146 Å². The summed E-state index contributed by atoms with van der Waals surface area (Å²) in [5.74, 6) is 0.288. The molecule has 0 radical (unpaired) electrons. The van der Waals surface area contributed by atoms with Gasteiger partial charge >= 0.3 is 6.03 Å². The lowest BCUT2D eigenvalue weighted by Crippen LogP contribution is -2.35. The molecule has 12 heteroatoms. The van der Waals surface area contributed by atoms with E-state index in [4.69, 9.17) is 14.0 Å². The second-order valence-electron chi connectivity index (χ2n) is 5.21. The average molecular weight is 405 g/mol. The summed E-state index contributed by atoms with van der Waals surface area (Å²) in [5, 5.41) is 5.79. The molecule has 0 saturated heterocycles. The number of hydrogen-bond acceptors (Lipinski definition) is 9. The van der Waals surface area contributed by atoms with Crippen LogP contribution < -0.4 is 19.5 Å². The lowest BCUT2D eigenvalue weighted by Gasteiger charge is -2.11. The van der Waals surface area contributed by atoms with Crippen molar-refractivity contribution in [2.75, 3.05) is 19.5 Å². The molecule has 2 N–H and O–H groups in total. The van der Waals surface area contributed by atoms with E-state index in [1.54, 1.807) is 6.07 Å². The predicted octanol–water partition coefficient (Wildman–Crippen LogP) is 1.66. The average Bonchev–Trinajstić information content (AvgIpc) is 3.21. The molecule has 28 heavy (non-hydrogen) atoms. The third kappa shape index (κ3) is 4.17. The molecule has 0 aliphatic carbocycles. The fourth-order valence-electron chi connectivity index (χ4n) is 2.23. The second-order valence-corrected chi connectivity index (χ2v) is 6.86. The summed E-state index contributed by atoms with van der Waals surface area (Å²) in [6.45, 7) is 0. The minimum atomic E-state index is -4.24. The number of nitrogens with zero attached hydrogens (tertiary/aromatic N) is 3. The third-order valence-corrected chi connectivity index (χ3v) is 4.82. The molecule has 2 amide bonds. The Morgan fingerprint density at radius 2 is 1.75 bits per heavy atom. The Bertz CT molecular complexity index is 1060. The van der Waals surface area contributed by atoms with Gasteiger partial charge in [0.25, 0.3) is 10.0 Å². The molecule has 146 valence electrons. The summed E-state index contributed by atoms with van der Waals surface area (Å²) in [4.78, 5) is 19.8. The molecule has 0 atom stereocenters. The van der Waals surface area contributed by atoms with Gasteiger partial charge < -0.3 is 14.0 Å². The van der Waals surface area contributed by atoms with Crippen molar-refractivity contribution in [3.05, 3.63) is 42.6 Å². The molecule has 11 nitrogen and oxygen atoms in total. The largest absolute Gasteiger partial charge is 0.481 e. The van der Waals surface area contributed by atoms with E-state index in [9.17, 15) is 13.2 Å². The predicted molar refractivity (Wildman–Crippen MR) is 96.4 cm³/mol. The van der Waals surface area contributed by atoms with E-state index in [1.165, 1.54) is 50.7 Å². The van der Waals surface area contributed by atoms with Crippen molar-refractivity contribution in [3.63, 3.8) is 0 Å². The van der Waals surface area contributed by atoms with Crippen LogP contribution in [0.3, 0.4) is 0 Å². The van der Waals surface area contributed by atoms with Gasteiger partial charge in [0, 0.05) is 11.6 Å². The van der Waals surface area contributed by atoms with Crippen molar-refractivity contribution >= 4 is 22.0 Å². The number of rotatable bonds is 6. The number of urea groups is 1. The van der Waals surface area contributed by atoms with Gasteiger partial charge in [-0.3, -0.25) is 5.32 Å². The van der Waals surface area contributed by atoms with Gasteiger partial charge in [0.15, 0.2) is 5.76 Å². The van der Waals surface area contributed by atoms with Crippen LogP contribution in [0.15, 0.2) is 52.0 Å². The first-order valence-corrected chi connectivity index (χ1v) is 9.22. The summed E-state index contributed by atoms with van der Waals surface area (Å²) in [6.07, 6.45) is 1.38. The highest BCUT2D eigenvalue weighted by Crippen LogP contribution is 2.26. The van der Waals surface area contributed by atoms with Crippen molar-refractivity contribution in [2.45, 2.75) is 4.90 Å². The maximum atomic E-state index is 12.7. The minimum absolute atomic E-state index is 0.126. The number of hydrogen-bond donors (Lipinski definition) is 2. The molecule has 1 aromatic carbocycles. The Balaban J connectivity index is 1.83. The molecule has 0 aliphatic heterocycles. The molecule has 2 aromatic heterocycles. The van der Waals surface area contributed by atoms with Crippen LogP contribution in [0.5, 0.6) is 11.8 Å². The van der Waals surface area contributed by atoms with Crippen molar-refractivity contribution in [1.29, 1.82) is 0 Å². The van der Waals surface area contributed by atoms with Crippen LogP contribution in [0.2, 0.25) is 0 Å². The highest BCUT2D eigenvalue weighted by molar-refractivity contribution is 7.90. The van der Waals surface area contributed by atoms with Crippen LogP contribution in [-0.4, -0.2) is 43.8 Å². The van der Waals surface area contributed by atoms with Gasteiger partial charge in [-0.1, -0.05) is 17.3 Å². The first-order valence-electron chi connectivity index (χ1n) is 7.74. The van der Waals surface area contributed by atoms with E-state index < -0.39 is 16.1 Å². The van der Waals surface area contributed by atoms with E-state index in [0.29, 0.717) is 0 Å². The van der Waals surface area contributed by atoms with Gasteiger partial charge in [-0.05, 0) is 12.1 Å². The SMILES string of the molecule is COc1cc(OC)nc(NC(=O)NS(=O)(=O)c2ccccc2-c2ccno2)n1. The monoisotopic (exact) mass is 405 g/mol. The van der Waals surface area contributed by atoms with Gasteiger partial charge in [0.1, 0.15) is 0 Å². The normalized spacial score (nSPS) is 10.9. The van der Waals surface area contributed by atoms with Crippen LogP contribution >= 0.6 is 0 Å². The van der Waals surface area contributed by atoms with E-state index in [1.807, 2.05) is 4.72 Å². The van der Waals surface area contributed by atoms with Gasteiger partial charge in [0.05, 0.1) is 31.4 Å². The van der Waals surface area contributed by atoms with Gasteiger partial charge in [-0.25, -0.2) is 17.9 Å². The smallest absolute Gasteiger partial charge is 0.335 e. The summed E-state index contributed by atoms with van der Waals surface area (Å²) < 4.78 is 42.2. The molecule has 0 saturated carbocycles. The zero-order valence-electron chi connectivity index (χ0n) is 14.7. The number of anilines is 1. The second kappa shape index (κ2) is 7.92. The molecular weight excluding hydrogens is 390 g/mol. The summed E-state index contributed by atoms with van der Waals surface area (Å²) >= 11 is 0. The van der Waals surface area contributed by atoms with Crippen LogP contribution in [0.1, 0.15) is 0 Å². The van der Waals surface area contributed by atoms with Crippen LogP contribution in [0, 0.1) is 0 Å². The van der Waals surface area contributed by atoms with Crippen molar-refractivity contribution in [3.8, 4) is 23.1 Å². The number of aromatic nitrogens is 3. The van der Waals surface area contributed by atoms with Crippen molar-refractivity contribution in [2.24, 2.45) is 0 Å². The van der Waals surface area contributed by atoms with E-state index in [-0.39, 0.29) is 33.9 Å². The molecular formula is C16H15N5O6S. The first-order chi connectivity index (χ1) is 13.4. The Labute approximate surface area is 159 Å². The molecule has 0 fully saturated rings. The fraction of sp³-hybridized carbons (Fsp3) is 0.125. The van der Waals surface area contributed by atoms with Crippen LogP contribution in [0.25, 0.3) is 11.3 Å². The van der Waals surface area contributed by atoms with Crippen LogP contribution in [0.4, 0.5) is 10.7 Å². The lowest BCUT2D eigenvalue weighted by atomic mass is 10.2. The van der Waals surface area contributed by atoms with Gasteiger partial charge in [0.2, 0.25) is 17.7 Å². The number of carbonyl (C=O) groups is 1. The Hall–Kier alpha value is -3.67. The number of nitrogens with one attached hydrogen (secondary N) is 2. The number of benzene rings is 1. The zero-order chi connectivity index (χ0) is 20.1.